The van der Waals surface area contributed by atoms with Gasteiger partial charge in [-0.15, -0.1) is 0 Å². The van der Waals surface area contributed by atoms with Gasteiger partial charge in [-0.2, -0.15) is 5.10 Å². The third-order valence-electron chi connectivity index (χ3n) is 5.01. The zero-order valence-corrected chi connectivity index (χ0v) is 17.9. The second-order valence-electron chi connectivity index (χ2n) is 7.18. The van der Waals surface area contributed by atoms with Crippen LogP contribution in [0.5, 0.6) is 11.5 Å². The van der Waals surface area contributed by atoms with Crippen molar-refractivity contribution in [2.75, 3.05) is 19.5 Å². The summed E-state index contributed by atoms with van der Waals surface area (Å²) in [5, 5.41) is 7.32. The van der Waals surface area contributed by atoms with Gasteiger partial charge < -0.3 is 14.8 Å². The summed E-state index contributed by atoms with van der Waals surface area (Å²) in [5.74, 6) is 0.120. The summed E-state index contributed by atoms with van der Waals surface area (Å²) in [6, 6.07) is 19.3. The molecule has 3 aromatic carbocycles. The number of nitrogens with zero attached hydrogens (tertiary/aromatic N) is 2. The maximum absolute atomic E-state index is 14.4. The molecule has 162 valence electrons. The minimum atomic E-state index is -0.505. The molecule has 1 aromatic heterocycles. The smallest absolute Gasteiger partial charge is 0.259 e. The van der Waals surface area contributed by atoms with Gasteiger partial charge in [-0.05, 0) is 55.0 Å². The van der Waals surface area contributed by atoms with Crippen molar-refractivity contribution in [3.63, 3.8) is 0 Å². The van der Waals surface area contributed by atoms with Crippen molar-refractivity contribution in [2.24, 2.45) is 0 Å². The predicted molar refractivity (Wildman–Crippen MR) is 121 cm³/mol. The van der Waals surface area contributed by atoms with E-state index in [1.54, 1.807) is 56.3 Å². The van der Waals surface area contributed by atoms with E-state index in [4.69, 9.17) is 9.47 Å². The first-order chi connectivity index (χ1) is 15.5. The number of hydrogen-bond acceptors (Lipinski definition) is 4. The number of aromatic nitrogens is 2. The lowest BCUT2D eigenvalue weighted by atomic mass is 10.1. The second-order valence-corrected chi connectivity index (χ2v) is 7.18. The molecule has 0 bridgehead atoms. The molecular weight excluding hydrogens is 409 g/mol. The molecule has 0 aliphatic heterocycles. The summed E-state index contributed by atoms with van der Waals surface area (Å²) < 4.78 is 26.8. The first kappa shape index (κ1) is 21.1. The standard InChI is InChI=1S/C25H22FN3O3/c1-16-9-11-22(21(26)13-16)27-25(30)20-15-29(17-7-5-4-6-8-17)28-24(20)19-14-18(31-2)10-12-23(19)32-3/h4-15H,1-3H3,(H,27,30). The van der Waals surface area contributed by atoms with Gasteiger partial charge in [0.2, 0.25) is 0 Å². The topological polar surface area (TPSA) is 65.4 Å². The molecule has 1 amide bonds. The fourth-order valence-electron chi connectivity index (χ4n) is 3.36. The number of aryl methyl sites for hydroxylation is 1. The lowest BCUT2D eigenvalue weighted by molar-refractivity contribution is 0.102. The van der Waals surface area contributed by atoms with Gasteiger partial charge >= 0.3 is 0 Å². The number of hydrogen-bond donors (Lipinski definition) is 1. The number of benzene rings is 3. The predicted octanol–water partition coefficient (Wildman–Crippen LogP) is 5.26. The van der Waals surface area contributed by atoms with Gasteiger partial charge in [0.15, 0.2) is 0 Å². The Hall–Kier alpha value is -4.13. The van der Waals surface area contributed by atoms with Crippen molar-refractivity contribution >= 4 is 11.6 Å². The van der Waals surface area contributed by atoms with Crippen LogP contribution in [0.25, 0.3) is 16.9 Å². The van der Waals surface area contributed by atoms with Crippen molar-refractivity contribution in [3.05, 3.63) is 89.9 Å². The maximum atomic E-state index is 14.4. The number of carbonyl (C=O) groups is 1. The van der Waals surface area contributed by atoms with E-state index in [9.17, 15) is 9.18 Å². The Bertz CT molecular complexity index is 1270. The molecule has 0 radical (unpaired) electrons. The van der Waals surface area contributed by atoms with E-state index in [1.807, 2.05) is 30.3 Å². The van der Waals surface area contributed by atoms with Crippen LogP contribution in [-0.2, 0) is 0 Å². The van der Waals surface area contributed by atoms with Crippen LogP contribution < -0.4 is 14.8 Å². The number of rotatable bonds is 6. The van der Waals surface area contributed by atoms with E-state index in [1.165, 1.54) is 12.1 Å². The third kappa shape index (κ3) is 4.18. The Morgan fingerprint density at radius 3 is 2.47 bits per heavy atom. The summed E-state index contributed by atoms with van der Waals surface area (Å²) >= 11 is 0. The molecule has 0 unspecified atom stereocenters. The van der Waals surface area contributed by atoms with E-state index in [0.29, 0.717) is 22.8 Å². The average Bonchev–Trinajstić information content (AvgIpc) is 3.26. The number of carbonyl (C=O) groups excluding carboxylic acids is 1. The van der Waals surface area contributed by atoms with Crippen LogP contribution in [0.4, 0.5) is 10.1 Å². The highest BCUT2D eigenvalue weighted by molar-refractivity contribution is 6.08. The minimum absolute atomic E-state index is 0.0941. The van der Waals surface area contributed by atoms with Crippen molar-refractivity contribution in [1.29, 1.82) is 0 Å². The lowest BCUT2D eigenvalue weighted by Crippen LogP contribution is -2.13. The summed E-state index contributed by atoms with van der Waals surface area (Å²) in [6.45, 7) is 1.78. The molecule has 0 aliphatic rings. The van der Waals surface area contributed by atoms with Crippen molar-refractivity contribution in [3.8, 4) is 28.4 Å². The van der Waals surface area contributed by atoms with Crippen LogP contribution in [0.3, 0.4) is 0 Å². The highest BCUT2D eigenvalue weighted by Crippen LogP contribution is 2.35. The molecule has 32 heavy (non-hydrogen) atoms. The molecule has 0 saturated heterocycles. The van der Waals surface area contributed by atoms with Gasteiger partial charge in [0.25, 0.3) is 5.91 Å². The van der Waals surface area contributed by atoms with Gasteiger partial charge in [-0.1, -0.05) is 24.3 Å². The summed E-state index contributed by atoms with van der Waals surface area (Å²) in [7, 11) is 3.10. The molecule has 0 aliphatic carbocycles. The molecule has 7 heteroatoms. The van der Waals surface area contributed by atoms with Gasteiger partial charge in [0.1, 0.15) is 23.0 Å². The van der Waals surface area contributed by atoms with Crippen LogP contribution in [0, 0.1) is 12.7 Å². The monoisotopic (exact) mass is 431 g/mol. The normalized spacial score (nSPS) is 10.6. The number of nitrogens with one attached hydrogen (secondary N) is 1. The van der Waals surface area contributed by atoms with Gasteiger partial charge in [0, 0.05) is 11.8 Å². The van der Waals surface area contributed by atoms with Crippen LogP contribution in [-0.4, -0.2) is 29.9 Å². The summed E-state index contributed by atoms with van der Waals surface area (Å²) in [5.41, 5.74) is 2.86. The van der Waals surface area contributed by atoms with Gasteiger partial charge in [0.05, 0.1) is 31.2 Å². The fraction of sp³-hybridized carbons (Fsp3) is 0.120. The Balaban J connectivity index is 1.84. The van der Waals surface area contributed by atoms with E-state index < -0.39 is 11.7 Å². The zero-order valence-electron chi connectivity index (χ0n) is 17.9. The van der Waals surface area contributed by atoms with Crippen LogP contribution >= 0.6 is 0 Å². The molecule has 4 aromatic rings. The molecular formula is C25H22FN3O3. The van der Waals surface area contributed by atoms with Crippen LogP contribution in [0.15, 0.2) is 72.9 Å². The van der Waals surface area contributed by atoms with E-state index in [2.05, 4.69) is 10.4 Å². The first-order valence-corrected chi connectivity index (χ1v) is 9.95. The van der Waals surface area contributed by atoms with Crippen LogP contribution in [0.1, 0.15) is 15.9 Å². The number of para-hydroxylation sites is 1. The summed E-state index contributed by atoms with van der Waals surface area (Å²) in [6.07, 6.45) is 1.62. The van der Waals surface area contributed by atoms with Crippen molar-refractivity contribution < 1.29 is 18.7 Å². The van der Waals surface area contributed by atoms with E-state index in [-0.39, 0.29) is 11.3 Å². The fourth-order valence-corrected chi connectivity index (χ4v) is 3.36. The largest absolute Gasteiger partial charge is 0.497 e. The van der Waals surface area contributed by atoms with Crippen LogP contribution in [0.2, 0.25) is 0 Å². The van der Waals surface area contributed by atoms with Crippen molar-refractivity contribution in [2.45, 2.75) is 6.92 Å². The molecule has 4 rings (SSSR count). The number of halogens is 1. The van der Waals surface area contributed by atoms with Crippen molar-refractivity contribution in [1.82, 2.24) is 9.78 Å². The van der Waals surface area contributed by atoms with E-state index >= 15 is 0 Å². The Morgan fingerprint density at radius 1 is 1.00 bits per heavy atom. The second kappa shape index (κ2) is 8.93. The minimum Gasteiger partial charge on any atom is -0.497 e. The molecule has 0 atom stereocenters. The number of amides is 1. The lowest BCUT2D eigenvalue weighted by Gasteiger charge is -2.11. The molecule has 0 fully saturated rings. The Labute approximate surface area is 185 Å². The number of ether oxygens (including phenoxy) is 2. The van der Waals surface area contributed by atoms with Gasteiger partial charge in [-0.25, -0.2) is 9.07 Å². The molecule has 1 heterocycles. The Morgan fingerprint density at radius 2 is 1.78 bits per heavy atom. The molecule has 0 spiro atoms. The first-order valence-electron chi connectivity index (χ1n) is 9.95. The molecule has 6 nitrogen and oxygen atoms in total. The number of methoxy groups -OCH3 is 2. The highest BCUT2D eigenvalue weighted by atomic mass is 19.1. The van der Waals surface area contributed by atoms with E-state index in [0.717, 1.165) is 11.3 Å². The third-order valence-corrected chi connectivity index (χ3v) is 5.01. The quantitative estimate of drug-likeness (QED) is 0.453. The summed E-state index contributed by atoms with van der Waals surface area (Å²) in [4.78, 5) is 13.2. The maximum Gasteiger partial charge on any atom is 0.259 e. The average molecular weight is 431 g/mol. The number of anilines is 1. The Kier molecular flexibility index (Phi) is 5.89. The molecule has 0 saturated carbocycles. The molecule has 1 N–H and O–H groups in total. The zero-order chi connectivity index (χ0) is 22.7. The SMILES string of the molecule is COc1ccc(OC)c(-c2nn(-c3ccccc3)cc2C(=O)Nc2ccc(C)cc2F)c1. The van der Waals surface area contributed by atoms with Gasteiger partial charge in [-0.3, -0.25) is 4.79 Å². The highest BCUT2D eigenvalue weighted by Gasteiger charge is 2.22.